The number of aliphatic hydroxyl groups excluding tert-OH is 1. The van der Waals surface area contributed by atoms with E-state index in [1.165, 1.54) is 6.08 Å². The summed E-state index contributed by atoms with van der Waals surface area (Å²) in [6.45, 7) is 5.78. The highest BCUT2D eigenvalue weighted by Crippen LogP contribution is 2.53. The number of ether oxygens (including phenoxy) is 2. The minimum absolute atomic E-state index is 0.215. The van der Waals surface area contributed by atoms with E-state index in [4.69, 9.17) is 37.7 Å². The van der Waals surface area contributed by atoms with E-state index in [0.717, 1.165) is 6.08 Å². The fraction of sp³-hybridized carbons (Fsp3) is 0.542. The second-order valence-electron chi connectivity index (χ2n) is 9.87. The standard InChI is InChI=1S/C24H26Cl2F3N3O3/c1-22(2)11-13(24(27,28)29)10-16-19(22)30-21(31(16)3)23(12-35-23)17-15(25)5-4-14(18(17)26)20(33)32-6-8-34-9-7-32/h4-5,10-11,19-20,33H,6-9,12H2,1-3H3/t19?,20?,23-/m0/s1. The van der Waals surface area contributed by atoms with Gasteiger partial charge in [-0.15, -0.1) is 0 Å². The Kier molecular flexibility index (Phi) is 6.06. The molecule has 0 radical (unpaired) electrons. The molecule has 11 heteroatoms. The molecule has 5 rings (SSSR count). The van der Waals surface area contributed by atoms with Gasteiger partial charge in [0.1, 0.15) is 18.1 Å². The number of aliphatic imine (C=N–C) groups is 1. The summed E-state index contributed by atoms with van der Waals surface area (Å²) in [5.74, 6) is 0.445. The van der Waals surface area contributed by atoms with E-state index >= 15 is 0 Å². The fourth-order valence-corrected chi connectivity index (χ4v) is 5.91. The van der Waals surface area contributed by atoms with E-state index < -0.39 is 35.0 Å². The number of rotatable bonds is 4. The highest BCUT2D eigenvalue weighted by atomic mass is 35.5. The monoisotopic (exact) mass is 531 g/mol. The number of likely N-dealkylation sites (N-methyl/N-ethyl adjacent to an activating group) is 1. The average molecular weight is 532 g/mol. The van der Waals surface area contributed by atoms with Gasteiger partial charge in [0, 0.05) is 47.4 Å². The summed E-state index contributed by atoms with van der Waals surface area (Å²) in [4.78, 5) is 8.35. The maximum Gasteiger partial charge on any atom is 0.416 e. The molecule has 2 unspecified atom stereocenters. The Morgan fingerprint density at radius 1 is 1.20 bits per heavy atom. The van der Waals surface area contributed by atoms with Crippen LogP contribution in [0.25, 0.3) is 0 Å². The number of benzene rings is 1. The second-order valence-corrected chi connectivity index (χ2v) is 10.7. The molecule has 2 saturated heterocycles. The van der Waals surface area contributed by atoms with Gasteiger partial charge in [0.05, 0.1) is 30.4 Å². The van der Waals surface area contributed by atoms with Crippen LogP contribution in [-0.4, -0.2) is 72.9 Å². The van der Waals surface area contributed by atoms with Crippen molar-refractivity contribution in [1.82, 2.24) is 9.80 Å². The van der Waals surface area contributed by atoms with Crippen LogP contribution in [0.2, 0.25) is 10.0 Å². The molecule has 1 aromatic rings. The van der Waals surface area contributed by atoms with Crippen LogP contribution in [0.3, 0.4) is 0 Å². The van der Waals surface area contributed by atoms with Crippen molar-refractivity contribution in [3.63, 3.8) is 0 Å². The molecule has 1 aliphatic carbocycles. The summed E-state index contributed by atoms with van der Waals surface area (Å²) < 4.78 is 52.1. The van der Waals surface area contributed by atoms with E-state index in [1.54, 1.807) is 37.9 Å². The number of epoxide rings is 1. The molecule has 3 atom stereocenters. The molecule has 0 bridgehead atoms. The predicted molar refractivity (Wildman–Crippen MR) is 126 cm³/mol. The Morgan fingerprint density at radius 2 is 1.86 bits per heavy atom. The first-order chi connectivity index (χ1) is 16.4. The van der Waals surface area contributed by atoms with Crippen molar-refractivity contribution in [2.75, 3.05) is 40.0 Å². The van der Waals surface area contributed by atoms with Crippen LogP contribution in [-0.2, 0) is 15.1 Å². The number of nitrogens with zero attached hydrogens (tertiary/aromatic N) is 3. The van der Waals surface area contributed by atoms with Crippen molar-refractivity contribution in [3.05, 3.63) is 56.7 Å². The van der Waals surface area contributed by atoms with Crippen molar-refractivity contribution in [1.29, 1.82) is 0 Å². The molecule has 3 aliphatic heterocycles. The molecular formula is C24H26Cl2F3N3O3. The number of halogens is 5. The maximum absolute atomic E-state index is 13.6. The van der Waals surface area contributed by atoms with Crippen LogP contribution in [0.15, 0.2) is 40.5 Å². The zero-order valence-electron chi connectivity index (χ0n) is 19.5. The molecule has 0 amide bonds. The van der Waals surface area contributed by atoms with E-state index in [1.807, 2.05) is 4.90 Å². The number of allylic oxidation sites excluding steroid dienone is 2. The quantitative estimate of drug-likeness (QED) is 0.572. The van der Waals surface area contributed by atoms with E-state index in [0.29, 0.717) is 54.0 Å². The first-order valence-corrected chi connectivity index (χ1v) is 12.1. The molecule has 3 heterocycles. The molecule has 1 N–H and O–H groups in total. The number of hydrogen-bond acceptors (Lipinski definition) is 6. The van der Waals surface area contributed by atoms with Gasteiger partial charge in [0.2, 0.25) is 0 Å². The number of aliphatic hydroxyl groups is 1. The number of hydrogen-bond donors (Lipinski definition) is 1. The summed E-state index contributed by atoms with van der Waals surface area (Å²) in [5.41, 5.74) is -1.32. The van der Waals surface area contributed by atoms with Gasteiger partial charge in [-0.25, -0.2) is 0 Å². The third kappa shape index (κ3) is 4.10. The van der Waals surface area contributed by atoms with Gasteiger partial charge in [-0.1, -0.05) is 49.2 Å². The summed E-state index contributed by atoms with van der Waals surface area (Å²) in [6, 6.07) is 2.81. The first kappa shape index (κ1) is 25.0. The van der Waals surface area contributed by atoms with Gasteiger partial charge in [-0.2, -0.15) is 13.2 Å². The van der Waals surface area contributed by atoms with Gasteiger partial charge in [-0.3, -0.25) is 9.89 Å². The van der Waals surface area contributed by atoms with Crippen LogP contribution in [0, 0.1) is 5.41 Å². The largest absolute Gasteiger partial charge is 0.416 e. The highest BCUT2D eigenvalue weighted by Gasteiger charge is 2.59. The minimum atomic E-state index is -4.47. The minimum Gasteiger partial charge on any atom is -0.379 e. The Hall–Kier alpha value is -1.62. The number of fused-ring (bicyclic) bond motifs is 1. The molecule has 0 aromatic heterocycles. The first-order valence-electron chi connectivity index (χ1n) is 11.3. The van der Waals surface area contributed by atoms with Crippen molar-refractivity contribution in [3.8, 4) is 0 Å². The zero-order chi connectivity index (χ0) is 25.3. The lowest BCUT2D eigenvalue weighted by atomic mass is 9.77. The van der Waals surface area contributed by atoms with E-state index in [9.17, 15) is 18.3 Å². The smallest absolute Gasteiger partial charge is 0.379 e. The third-order valence-electron chi connectivity index (χ3n) is 7.09. The van der Waals surface area contributed by atoms with Crippen molar-refractivity contribution in [2.45, 2.75) is 37.9 Å². The highest BCUT2D eigenvalue weighted by molar-refractivity contribution is 6.37. The topological polar surface area (TPSA) is 60.8 Å². The van der Waals surface area contributed by atoms with Gasteiger partial charge in [-0.05, 0) is 12.1 Å². The molecule has 0 spiro atoms. The number of alkyl halides is 3. The van der Waals surface area contributed by atoms with E-state index in [-0.39, 0.29) is 11.6 Å². The maximum atomic E-state index is 13.6. The zero-order valence-corrected chi connectivity index (χ0v) is 21.0. The molecule has 0 saturated carbocycles. The van der Waals surface area contributed by atoms with Crippen molar-refractivity contribution < 1.29 is 27.8 Å². The van der Waals surface area contributed by atoms with Crippen LogP contribution in [0.4, 0.5) is 13.2 Å². The molecule has 4 aliphatic rings. The van der Waals surface area contributed by atoms with Crippen molar-refractivity contribution >= 4 is 29.0 Å². The summed E-state index contributed by atoms with van der Waals surface area (Å²) in [6.07, 6.45) is -3.07. The summed E-state index contributed by atoms with van der Waals surface area (Å²) in [5, 5.41) is 11.6. The lowest BCUT2D eigenvalue weighted by Crippen LogP contribution is -2.39. The SMILES string of the molecule is CN1C2=CC(C(F)(F)F)=CC(C)(C)C2N=C1[C@@]1(c2c(Cl)ccc(C(O)N3CCOCC3)c2Cl)CO1. The Labute approximate surface area is 211 Å². The Morgan fingerprint density at radius 3 is 2.46 bits per heavy atom. The summed E-state index contributed by atoms with van der Waals surface area (Å²) in [7, 11) is 1.68. The predicted octanol–water partition coefficient (Wildman–Crippen LogP) is 4.67. The third-order valence-corrected chi connectivity index (χ3v) is 7.81. The molecule has 35 heavy (non-hydrogen) atoms. The normalized spacial score (nSPS) is 29.3. The van der Waals surface area contributed by atoms with Crippen LogP contribution in [0.5, 0.6) is 0 Å². The van der Waals surface area contributed by atoms with Gasteiger partial charge in [0.25, 0.3) is 0 Å². The van der Waals surface area contributed by atoms with Gasteiger partial charge < -0.3 is 19.5 Å². The van der Waals surface area contributed by atoms with E-state index in [2.05, 4.69) is 0 Å². The Balaban J connectivity index is 1.54. The molecule has 2 fully saturated rings. The molecule has 1 aromatic carbocycles. The number of morpholine rings is 1. The average Bonchev–Trinajstić information content (AvgIpc) is 3.50. The summed E-state index contributed by atoms with van der Waals surface area (Å²) >= 11 is 13.4. The fourth-order valence-electron chi connectivity index (χ4n) is 5.14. The molecular weight excluding hydrogens is 506 g/mol. The lowest BCUT2D eigenvalue weighted by Gasteiger charge is -2.34. The van der Waals surface area contributed by atoms with Crippen LogP contribution >= 0.6 is 23.2 Å². The molecule has 190 valence electrons. The van der Waals surface area contributed by atoms with Crippen LogP contribution < -0.4 is 0 Å². The second kappa shape index (κ2) is 8.46. The van der Waals surface area contributed by atoms with Crippen molar-refractivity contribution in [2.24, 2.45) is 10.4 Å². The molecule has 6 nitrogen and oxygen atoms in total. The Bertz CT molecular complexity index is 1140. The lowest BCUT2D eigenvalue weighted by molar-refractivity contribution is -0.0896. The van der Waals surface area contributed by atoms with Gasteiger partial charge >= 0.3 is 6.18 Å². The number of amidine groups is 1. The van der Waals surface area contributed by atoms with Gasteiger partial charge in [0.15, 0.2) is 5.60 Å². The van der Waals surface area contributed by atoms with Crippen LogP contribution in [0.1, 0.15) is 31.2 Å².